The molecule has 3 rings (SSSR count). The molecule has 0 saturated carbocycles. The largest absolute Gasteiger partial charge is 0.497 e. The van der Waals surface area contributed by atoms with E-state index >= 15 is 0 Å². The van der Waals surface area contributed by atoms with E-state index in [1.807, 2.05) is 60.7 Å². The van der Waals surface area contributed by atoms with Crippen molar-refractivity contribution in [3.63, 3.8) is 0 Å². The lowest BCUT2D eigenvalue weighted by molar-refractivity contribution is -0.113. The van der Waals surface area contributed by atoms with Gasteiger partial charge in [0, 0.05) is 6.42 Å². The summed E-state index contributed by atoms with van der Waals surface area (Å²) in [5.41, 5.74) is 1.73. The third kappa shape index (κ3) is 2.92. The van der Waals surface area contributed by atoms with Crippen LogP contribution in [0.4, 0.5) is 5.69 Å². The highest BCUT2D eigenvalue weighted by Crippen LogP contribution is 2.34. The topological polar surface area (TPSA) is 65.7 Å². The van der Waals surface area contributed by atoms with Gasteiger partial charge in [0.2, 0.25) is 5.71 Å². The summed E-state index contributed by atoms with van der Waals surface area (Å²) in [6.07, 6.45) is 0.225. The van der Waals surface area contributed by atoms with Crippen molar-refractivity contribution in [1.82, 2.24) is 0 Å². The zero-order valence-corrected chi connectivity index (χ0v) is 12.6. The number of ketones is 1. The molecule has 0 saturated heterocycles. The van der Waals surface area contributed by atoms with Gasteiger partial charge in [-0.2, -0.15) is 10.4 Å². The molecule has 0 N–H and O–H groups in total. The molecule has 0 aromatic heterocycles. The molecule has 0 amide bonds. The number of nitriles is 1. The number of anilines is 1. The fraction of sp³-hybridized carbons (Fsp3) is 0.167. The van der Waals surface area contributed by atoms with Crippen LogP contribution in [-0.2, 0) is 4.79 Å². The Hall–Kier alpha value is -3.13. The van der Waals surface area contributed by atoms with Gasteiger partial charge in [0.1, 0.15) is 11.8 Å². The van der Waals surface area contributed by atoms with E-state index in [4.69, 9.17) is 10.00 Å². The highest BCUT2D eigenvalue weighted by molar-refractivity contribution is 6.46. The molecule has 23 heavy (non-hydrogen) atoms. The Bertz CT molecular complexity index is 776. The van der Waals surface area contributed by atoms with E-state index in [0.29, 0.717) is 0 Å². The molecule has 0 fully saturated rings. The van der Waals surface area contributed by atoms with Crippen LogP contribution in [0.3, 0.4) is 0 Å². The van der Waals surface area contributed by atoms with Gasteiger partial charge in [-0.15, -0.1) is 0 Å². The molecule has 1 aliphatic rings. The Balaban J connectivity index is 2.05. The summed E-state index contributed by atoms with van der Waals surface area (Å²) in [7, 11) is 1.60. The lowest BCUT2D eigenvalue weighted by atomic mass is 9.97. The van der Waals surface area contributed by atoms with E-state index in [1.165, 1.54) is 0 Å². The second-order valence-corrected chi connectivity index (χ2v) is 5.16. The molecule has 0 radical (unpaired) electrons. The first kappa shape index (κ1) is 14.8. The average molecular weight is 305 g/mol. The highest BCUT2D eigenvalue weighted by Gasteiger charge is 2.31. The summed E-state index contributed by atoms with van der Waals surface area (Å²) in [6, 6.07) is 18.7. The number of nitrogens with zero attached hydrogens (tertiary/aromatic N) is 3. The summed E-state index contributed by atoms with van der Waals surface area (Å²) >= 11 is 0. The molecule has 0 aliphatic carbocycles. The molecule has 2 aromatic carbocycles. The normalized spacial score (nSPS) is 17.4. The monoisotopic (exact) mass is 305 g/mol. The average Bonchev–Trinajstić information content (AvgIpc) is 2.62. The van der Waals surface area contributed by atoms with Crippen molar-refractivity contribution in [2.45, 2.75) is 12.5 Å². The van der Waals surface area contributed by atoms with Crippen molar-refractivity contribution in [2.75, 3.05) is 12.1 Å². The molecular weight excluding hydrogens is 290 g/mol. The van der Waals surface area contributed by atoms with Gasteiger partial charge in [0.05, 0.1) is 18.8 Å². The van der Waals surface area contributed by atoms with Gasteiger partial charge in [0.25, 0.3) is 0 Å². The van der Waals surface area contributed by atoms with Crippen LogP contribution in [0.2, 0.25) is 0 Å². The van der Waals surface area contributed by atoms with Crippen LogP contribution in [0.25, 0.3) is 0 Å². The fourth-order valence-electron chi connectivity index (χ4n) is 2.58. The first-order chi connectivity index (χ1) is 11.2. The van der Waals surface area contributed by atoms with Gasteiger partial charge in [-0.25, -0.2) is 0 Å². The van der Waals surface area contributed by atoms with Crippen molar-refractivity contribution >= 4 is 17.2 Å². The molecule has 1 aliphatic heterocycles. The zero-order valence-electron chi connectivity index (χ0n) is 12.6. The number of benzene rings is 2. The Labute approximate surface area is 134 Å². The van der Waals surface area contributed by atoms with E-state index < -0.39 is 0 Å². The second-order valence-electron chi connectivity index (χ2n) is 5.16. The molecule has 0 unspecified atom stereocenters. The Morgan fingerprint density at radius 1 is 1.17 bits per heavy atom. The van der Waals surface area contributed by atoms with Gasteiger partial charge in [-0.1, -0.05) is 30.3 Å². The van der Waals surface area contributed by atoms with Crippen LogP contribution in [0.15, 0.2) is 59.7 Å². The first-order valence-electron chi connectivity index (χ1n) is 7.23. The molecule has 0 bridgehead atoms. The van der Waals surface area contributed by atoms with Crippen LogP contribution >= 0.6 is 0 Å². The van der Waals surface area contributed by atoms with E-state index in [9.17, 15) is 4.79 Å². The number of carbonyl (C=O) groups is 1. The quantitative estimate of drug-likeness (QED) is 0.874. The maximum absolute atomic E-state index is 12.1. The van der Waals surface area contributed by atoms with Crippen molar-refractivity contribution < 1.29 is 9.53 Å². The van der Waals surface area contributed by atoms with E-state index in [0.717, 1.165) is 17.0 Å². The van der Waals surface area contributed by atoms with Crippen molar-refractivity contribution in [3.8, 4) is 11.8 Å². The van der Waals surface area contributed by atoms with Crippen LogP contribution in [0.1, 0.15) is 18.0 Å². The Morgan fingerprint density at radius 3 is 2.48 bits per heavy atom. The molecule has 114 valence electrons. The van der Waals surface area contributed by atoms with Crippen LogP contribution in [-0.4, -0.2) is 18.6 Å². The Morgan fingerprint density at radius 2 is 1.87 bits per heavy atom. The van der Waals surface area contributed by atoms with Crippen LogP contribution in [0.5, 0.6) is 5.75 Å². The predicted octanol–water partition coefficient (Wildman–Crippen LogP) is 3.10. The fourth-order valence-corrected chi connectivity index (χ4v) is 2.58. The third-order valence-electron chi connectivity index (χ3n) is 3.77. The number of hydrogen-bond donors (Lipinski definition) is 0. The minimum atomic E-state index is -0.230. The van der Waals surface area contributed by atoms with Crippen molar-refractivity contribution in [2.24, 2.45) is 5.10 Å². The van der Waals surface area contributed by atoms with Gasteiger partial charge in [-0.3, -0.25) is 9.80 Å². The minimum Gasteiger partial charge on any atom is -0.497 e. The van der Waals surface area contributed by atoms with Crippen LogP contribution in [0, 0.1) is 11.3 Å². The van der Waals surface area contributed by atoms with Crippen molar-refractivity contribution in [3.05, 3.63) is 60.2 Å². The molecule has 5 heteroatoms. The molecule has 1 atom stereocenters. The lowest BCUT2D eigenvalue weighted by Gasteiger charge is -2.32. The first-order valence-corrected chi connectivity index (χ1v) is 7.23. The summed E-state index contributed by atoms with van der Waals surface area (Å²) in [6.45, 7) is 0. The minimum absolute atomic E-state index is 0.0620. The van der Waals surface area contributed by atoms with E-state index in [2.05, 4.69) is 5.10 Å². The summed E-state index contributed by atoms with van der Waals surface area (Å²) in [4.78, 5) is 12.1. The smallest absolute Gasteiger partial charge is 0.203 e. The molecule has 5 nitrogen and oxygen atoms in total. The second kappa shape index (κ2) is 6.32. The van der Waals surface area contributed by atoms with Crippen LogP contribution < -0.4 is 9.75 Å². The maximum atomic E-state index is 12.1. The summed E-state index contributed by atoms with van der Waals surface area (Å²) in [5.74, 6) is 0.508. The third-order valence-corrected chi connectivity index (χ3v) is 3.77. The van der Waals surface area contributed by atoms with Crippen molar-refractivity contribution in [1.29, 1.82) is 5.26 Å². The van der Waals surface area contributed by atoms with Gasteiger partial charge in [0.15, 0.2) is 5.78 Å². The van der Waals surface area contributed by atoms with Gasteiger partial charge >= 0.3 is 0 Å². The van der Waals surface area contributed by atoms with Gasteiger partial charge < -0.3 is 4.74 Å². The number of hydrazone groups is 1. The molecule has 1 heterocycles. The summed E-state index contributed by atoms with van der Waals surface area (Å²) in [5, 5.41) is 15.1. The molecule has 2 aromatic rings. The SMILES string of the molecule is COc1ccc(N2N=C(C#N)C(=O)C[C@H]2c2ccccc2)cc1. The predicted molar refractivity (Wildman–Crippen MR) is 87.3 cm³/mol. The highest BCUT2D eigenvalue weighted by atomic mass is 16.5. The summed E-state index contributed by atoms with van der Waals surface area (Å²) < 4.78 is 5.17. The number of Topliss-reactive ketones (excluding diaryl/α,β-unsaturated/α-hetero) is 1. The molecule has 0 spiro atoms. The number of rotatable bonds is 3. The lowest BCUT2D eigenvalue weighted by Crippen LogP contribution is -2.34. The number of hydrogen-bond acceptors (Lipinski definition) is 5. The zero-order chi connectivity index (χ0) is 16.2. The van der Waals surface area contributed by atoms with E-state index in [-0.39, 0.29) is 24.0 Å². The molecular formula is C18H15N3O2. The maximum Gasteiger partial charge on any atom is 0.203 e. The standard InChI is InChI=1S/C18H15N3O2/c1-23-15-9-7-14(8-10-15)21-17(13-5-3-2-4-6-13)11-18(22)16(12-19)20-21/h2-10,17H,11H2,1H3/t17-/m0/s1. The number of methoxy groups -OCH3 is 1. The number of ether oxygens (including phenoxy) is 1. The Kier molecular flexibility index (Phi) is 4.07. The van der Waals surface area contributed by atoms with E-state index in [1.54, 1.807) is 12.1 Å². The van der Waals surface area contributed by atoms with Gasteiger partial charge in [-0.05, 0) is 29.8 Å². The number of carbonyl (C=O) groups excluding carboxylic acids is 1.